The van der Waals surface area contributed by atoms with E-state index in [-0.39, 0.29) is 18.4 Å². The van der Waals surface area contributed by atoms with Gasteiger partial charge in [0.05, 0.1) is 7.11 Å². The zero-order valence-electron chi connectivity index (χ0n) is 8.68. The molecule has 2 N–H and O–H groups in total. The predicted molar refractivity (Wildman–Crippen MR) is 62.0 cm³/mol. The summed E-state index contributed by atoms with van der Waals surface area (Å²) in [6, 6.07) is 9.43. The molecule has 0 saturated carbocycles. The molecule has 0 fully saturated rings. The zero-order chi connectivity index (χ0) is 10.4. The Balaban J connectivity index is 0.00000196. The second-order valence-electron chi connectivity index (χ2n) is 3.15. The van der Waals surface area contributed by atoms with Crippen LogP contribution in [0.25, 0.3) is 0 Å². The third-order valence-corrected chi connectivity index (χ3v) is 2.09. The maximum atomic E-state index is 11.0. The third-order valence-electron chi connectivity index (χ3n) is 2.09. The maximum Gasteiger partial charge on any atom is 0.322 e. The van der Waals surface area contributed by atoms with Crippen LogP contribution in [0.15, 0.2) is 30.3 Å². The molecule has 3 nitrogen and oxygen atoms in total. The first-order chi connectivity index (χ1) is 6.74. The lowest BCUT2D eigenvalue weighted by atomic mass is 10.1. The number of aryl methyl sites for hydroxylation is 1. The first-order valence-corrected chi connectivity index (χ1v) is 4.61. The lowest BCUT2D eigenvalue weighted by molar-refractivity contribution is -0.142. The SMILES string of the molecule is COC(=O)[C@H](N)CCc1ccccc1.Cl. The summed E-state index contributed by atoms with van der Waals surface area (Å²) in [6.07, 6.45) is 1.42. The monoisotopic (exact) mass is 229 g/mol. The predicted octanol–water partition coefficient (Wildman–Crippen LogP) is 1.54. The van der Waals surface area contributed by atoms with Crippen molar-refractivity contribution in [1.82, 2.24) is 0 Å². The highest BCUT2D eigenvalue weighted by atomic mass is 35.5. The number of halogens is 1. The summed E-state index contributed by atoms with van der Waals surface area (Å²) in [5, 5.41) is 0. The van der Waals surface area contributed by atoms with Crippen LogP contribution in [0.3, 0.4) is 0 Å². The molecule has 0 spiro atoms. The Labute approximate surface area is 96.0 Å². The molecule has 1 atom stereocenters. The van der Waals surface area contributed by atoms with Gasteiger partial charge in [-0.25, -0.2) is 0 Å². The Bertz CT molecular complexity index is 290. The molecule has 0 saturated heterocycles. The fraction of sp³-hybridized carbons (Fsp3) is 0.364. The van der Waals surface area contributed by atoms with Crippen molar-refractivity contribution in [2.45, 2.75) is 18.9 Å². The van der Waals surface area contributed by atoms with E-state index in [4.69, 9.17) is 5.73 Å². The van der Waals surface area contributed by atoms with E-state index in [1.165, 1.54) is 12.7 Å². The van der Waals surface area contributed by atoms with E-state index in [1.807, 2.05) is 30.3 Å². The van der Waals surface area contributed by atoms with Crippen molar-refractivity contribution >= 4 is 18.4 Å². The first kappa shape index (κ1) is 13.9. The molecular formula is C11H16ClNO2. The van der Waals surface area contributed by atoms with Crippen molar-refractivity contribution in [3.63, 3.8) is 0 Å². The quantitative estimate of drug-likeness (QED) is 0.797. The molecule has 0 aliphatic heterocycles. The van der Waals surface area contributed by atoms with E-state index in [0.29, 0.717) is 6.42 Å². The fourth-order valence-electron chi connectivity index (χ4n) is 1.24. The van der Waals surface area contributed by atoms with Gasteiger partial charge in [-0.2, -0.15) is 0 Å². The molecule has 84 valence electrons. The first-order valence-electron chi connectivity index (χ1n) is 4.61. The molecule has 0 aliphatic carbocycles. The van der Waals surface area contributed by atoms with Crippen LogP contribution in [-0.2, 0) is 16.0 Å². The minimum atomic E-state index is -0.514. The smallest absolute Gasteiger partial charge is 0.322 e. The molecular weight excluding hydrogens is 214 g/mol. The van der Waals surface area contributed by atoms with E-state index in [2.05, 4.69) is 4.74 Å². The van der Waals surface area contributed by atoms with Crippen LogP contribution in [0.2, 0.25) is 0 Å². The van der Waals surface area contributed by atoms with Crippen LogP contribution in [0.5, 0.6) is 0 Å². The number of methoxy groups -OCH3 is 1. The van der Waals surface area contributed by atoms with Gasteiger partial charge in [0.25, 0.3) is 0 Å². The fourth-order valence-corrected chi connectivity index (χ4v) is 1.24. The number of carbonyl (C=O) groups excluding carboxylic acids is 1. The van der Waals surface area contributed by atoms with Crippen molar-refractivity contribution in [2.75, 3.05) is 7.11 Å². The largest absolute Gasteiger partial charge is 0.468 e. The average Bonchev–Trinajstić information content (AvgIpc) is 2.26. The number of hydrogen-bond donors (Lipinski definition) is 1. The van der Waals surface area contributed by atoms with Gasteiger partial charge in [0, 0.05) is 0 Å². The molecule has 0 aromatic heterocycles. The van der Waals surface area contributed by atoms with Crippen molar-refractivity contribution in [1.29, 1.82) is 0 Å². The van der Waals surface area contributed by atoms with Crippen molar-refractivity contribution < 1.29 is 9.53 Å². The number of carbonyl (C=O) groups is 1. The summed E-state index contributed by atoms with van der Waals surface area (Å²) in [5.74, 6) is -0.346. The molecule has 1 rings (SSSR count). The van der Waals surface area contributed by atoms with Crippen LogP contribution in [0.4, 0.5) is 0 Å². The molecule has 0 amide bonds. The Morgan fingerprint density at radius 1 is 1.40 bits per heavy atom. The van der Waals surface area contributed by atoms with E-state index in [9.17, 15) is 4.79 Å². The van der Waals surface area contributed by atoms with Crippen molar-refractivity contribution in [2.24, 2.45) is 5.73 Å². The van der Waals surface area contributed by atoms with E-state index < -0.39 is 6.04 Å². The minimum Gasteiger partial charge on any atom is -0.468 e. The molecule has 1 aromatic rings. The average molecular weight is 230 g/mol. The van der Waals surface area contributed by atoms with Crippen LogP contribution < -0.4 is 5.73 Å². The Kier molecular flexibility index (Phi) is 6.75. The summed E-state index contributed by atoms with van der Waals surface area (Å²) in [7, 11) is 1.35. The summed E-state index contributed by atoms with van der Waals surface area (Å²) in [5.41, 5.74) is 6.79. The third kappa shape index (κ3) is 4.81. The standard InChI is InChI=1S/C11H15NO2.ClH/c1-14-11(13)10(12)8-7-9-5-3-2-4-6-9;/h2-6,10H,7-8,12H2,1H3;1H/t10-;/m1./s1. The normalized spacial score (nSPS) is 11.3. The number of benzene rings is 1. The topological polar surface area (TPSA) is 52.3 Å². The van der Waals surface area contributed by atoms with Gasteiger partial charge in [-0.3, -0.25) is 4.79 Å². The van der Waals surface area contributed by atoms with Crippen molar-refractivity contribution in [3.8, 4) is 0 Å². The van der Waals surface area contributed by atoms with Gasteiger partial charge >= 0.3 is 5.97 Å². The Morgan fingerprint density at radius 3 is 2.53 bits per heavy atom. The van der Waals surface area contributed by atoms with Gasteiger partial charge in [0.15, 0.2) is 0 Å². The second-order valence-corrected chi connectivity index (χ2v) is 3.15. The number of rotatable bonds is 4. The molecule has 15 heavy (non-hydrogen) atoms. The number of hydrogen-bond acceptors (Lipinski definition) is 3. The van der Waals surface area contributed by atoms with Crippen LogP contribution in [0.1, 0.15) is 12.0 Å². The highest BCUT2D eigenvalue weighted by Crippen LogP contribution is 2.04. The van der Waals surface area contributed by atoms with E-state index in [1.54, 1.807) is 0 Å². The Morgan fingerprint density at radius 2 is 2.00 bits per heavy atom. The number of ether oxygens (including phenoxy) is 1. The number of nitrogens with two attached hydrogens (primary N) is 1. The molecule has 0 aliphatic rings. The highest BCUT2D eigenvalue weighted by Gasteiger charge is 2.12. The minimum absolute atomic E-state index is 0. The highest BCUT2D eigenvalue weighted by molar-refractivity contribution is 5.85. The lowest BCUT2D eigenvalue weighted by Crippen LogP contribution is -2.31. The van der Waals surface area contributed by atoms with E-state index >= 15 is 0 Å². The lowest BCUT2D eigenvalue weighted by Gasteiger charge is -2.08. The summed E-state index contributed by atoms with van der Waals surface area (Å²) >= 11 is 0. The Hall–Kier alpha value is -1.06. The molecule has 0 unspecified atom stereocenters. The summed E-state index contributed by atoms with van der Waals surface area (Å²) in [4.78, 5) is 11.0. The van der Waals surface area contributed by atoms with Gasteiger partial charge in [0.1, 0.15) is 6.04 Å². The van der Waals surface area contributed by atoms with Crippen LogP contribution in [-0.4, -0.2) is 19.1 Å². The van der Waals surface area contributed by atoms with Gasteiger partial charge in [-0.15, -0.1) is 12.4 Å². The summed E-state index contributed by atoms with van der Waals surface area (Å²) < 4.78 is 4.54. The molecule has 1 aromatic carbocycles. The van der Waals surface area contributed by atoms with Gasteiger partial charge in [-0.05, 0) is 18.4 Å². The second kappa shape index (κ2) is 7.26. The summed E-state index contributed by atoms with van der Waals surface area (Å²) in [6.45, 7) is 0. The molecule has 0 heterocycles. The van der Waals surface area contributed by atoms with E-state index in [0.717, 1.165) is 6.42 Å². The zero-order valence-corrected chi connectivity index (χ0v) is 9.50. The van der Waals surface area contributed by atoms with Crippen LogP contribution in [0, 0.1) is 0 Å². The number of esters is 1. The molecule has 0 bridgehead atoms. The molecule has 0 radical (unpaired) electrons. The maximum absolute atomic E-state index is 11.0. The van der Waals surface area contributed by atoms with Crippen LogP contribution >= 0.6 is 12.4 Å². The van der Waals surface area contributed by atoms with Gasteiger partial charge in [-0.1, -0.05) is 30.3 Å². The van der Waals surface area contributed by atoms with Gasteiger partial charge < -0.3 is 10.5 Å². The van der Waals surface area contributed by atoms with Gasteiger partial charge in [0.2, 0.25) is 0 Å². The molecule has 4 heteroatoms. The van der Waals surface area contributed by atoms with Crippen molar-refractivity contribution in [3.05, 3.63) is 35.9 Å².